The van der Waals surface area contributed by atoms with E-state index in [0.29, 0.717) is 16.9 Å². The summed E-state index contributed by atoms with van der Waals surface area (Å²) in [6.45, 7) is 16.8. The summed E-state index contributed by atoms with van der Waals surface area (Å²) < 4.78 is 0. The molecular formula is C29H55N. The quantitative estimate of drug-likeness (QED) is 0.477. The molecule has 4 fully saturated rings. The lowest BCUT2D eigenvalue weighted by Gasteiger charge is -2.61. The molecule has 30 heavy (non-hydrogen) atoms. The molecule has 1 nitrogen and oxygen atoms in total. The lowest BCUT2D eigenvalue weighted by atomic mass is 9.44. The van der Waals surface area contributed by atoms with Crippen LogP contribution in [-0.4, -0.2) is 6.04 Å². The highest BCUT2D eigenvalue weighted by molar-refractivity contribution is 5.09. The zero-order chi connectivity index (χ0) is 22.1. The predicted molar refractivity (Wildman–Crippen MR) is 132 cm³/mol. The molecule has 0 radical (unpaired) electrons. The molecule has 0 aromatic carbocycles. The van der Waals surface area contributed by atoms with Crippen molar-refractivity contribution in [3.8, 4) is 0 Å². The molecule has 0 spiro atoms. The van der Waals surface area contributed by atoms with Gasteiger partial charge in [-0.1, -0.05) is 67.7 Å². The van der Waals surface area contributed by atoms with Gasteiger partial charge < -0.3 is 5.73 Å². The fraction of sp³-hybridized carbons (Fsp3) is 1.00. The van der Waals surface area contributed by atoms with Crippen molar-refractivity contribution in [1.82, 2.24) is 0 Å². The number of fused-ring (bicyclic) bond motifs is 5. The molecular weight excluding hydrogens is 362 g/mol. The molecule has 0 heterocycles. The summed E-state index contributed by atoms with van der Waals surface area (Å²) in [5.41, 5.74) is 7.64. The minimum Gasteiger partial charge on any atom is -0.328 e. The molecule has 4 saturated carbocycles. The second kappa shape index (κ2) is 9.84. The summed E-state index contributed by atoms with van der Waals surface area (Å²) in [6.07, 6.45) is 17.5. The molecule has 0 amide bonds. The van der Waals surface area contributed by atoms with E-state index in [9.17, 15) is 0 Å². The number of hydrogen-bond acceptors (Lipinski definition) is 1. The molecule has 0 saturated heterocycles. The first-order valence-electron chi connectivity index (χ1n) is 14.0. The van der Waals surface area contributed by atoms with E-state index in [4.69, 9.17) is 5.73 Å². The van der Waals surface area contributed by atoms with E-state index >= 15 is 0 Å². The first-order chi connectivity index (χ1) is 14.3. The number of hydrogen-bond donors (Lipinski definition) is 1. The Labute approximate surface area is 189 Å². The maximum atomic E-state index is 6.39. The Balaban J connectivity index is 0.00000124. The molecule has 0 aromatic rings. The minimum atomic E-state index is 0.492. The third-order valence-corrected chi connectivity index (χ3v) is 10.9. The average Bonchev–Trinajstić information content (AvgIpc) is 3.07. The third-order valence-electron chi connectivity index (χ3n) is 10.9. The Kier molecular flexibility index (Phi) is 8.07. The first kappa shape index (κ1) is 24.6. The van der Waals surface area contributed by atoms with Crippen molar-refractivity contribution >= 4 is 0 Å². The van der Waals surface area contributed by atoms with E-state index in [0.717, 1.165) is 41.4 Å². The van der Waals surface area contributed by atoms with E-state index in [1.807, 2.05) is 13.8 Å². The van der Waals surface area contributed by atoms with Gasteiger partial charge in [0.25, 0.3) is 0 Å². The Morgan fingerprint density at radius 2 is 1.47 bits per heavy atom. The van der Waals surface area contributed by atoms with Crippen LogP contribution in [0.25, 0.3) is 0 Å². The van der Waals surface area contributed by atoms with Crippen LogP contribution in [0.1, 0.15) is 126 Å². The Hall–Kier alpha value is -0.0400. The molecule has 2 N–H and O–H groups in total. The van der Waals surface area contributed by atoms with Crippen LogP contribution >= 0.6 is 0 Å². The second-order valence-electron chi connectivity index (χ2n) is 12.7. The summed E-state index contributed by atoms with van der Waals surface area (Å²) in [6, 6.07) is 0.492. The van der Waals surface area contributed by atoms with Gasteiger partial charge in [0.1, 0.15) is 0 Å². The molecule has 4 rings (SSSR count). The summed E-state index contributed by atoms with van der Waals surface area (Å²) in [7, 11) is 0. The SMILES string of the molecule is CC.CC(C)CCC[C@@H](C)[C@H]1CCC2[C@@H]3CCC4C[C@@H](N)CC[C@]4(C)C3CCC21C. The van der Waals surface area contributed by atoms with Crippen LogP contribution in [0.3, 0.4) is 0 Å². The van der Waals surface area contributed by atoms with Crippen molar-refractivity contribution in [2.75, 3.05) is 0 Å². The molecule has 0 aromatic heterocycles. The number of rotatable bonds is 5. The summed E-state index contributed by atoms with van der Waals surface area (Å²) in [5, 5.41) is 0. The summed E-state index contributed by atoms with van der Waals surface area (Å²) >= 11 is 0. The van der Waals surface area contributed by atoms with Gasteiger partial charge in [-0.05, 0) is 110 Å². The van der Waals surface area contributed by atoms with Crippen LogP contribution in [0, 0.1) is 52.3 Å². The molecule has 1 heteroatoms. The van der Waals surface area contributed by atoms with Gasteiger partial charge in [-0.3, -0.25) is 0 Å². The summed E-state index contributed by atoms with van der Waals surface area (Å²) in [4.78, 5) is 0. The van der Waals surface area contributed by atoms with Crippen LogP contribution in [0.5, 0.6) is 0 Å². The maximum absolute atomic E-state index is 6.39. The van der Waals surface area contributed by atoms with Gasteiger partial charge >= 0.3 is 0 Å². The van der Waals surface area contributed by atoms with Crippen molar-refractivity contribution < 1.29 is 0 Å². The molecule has 176 valence electrons. The highest BCUT2D eigenvalue weighted by Gasteiger charge is 2.60. The standard InChI is InChI=1S/C27H49N.C2H6/c1-18(2)7-6-8-19(3)23-11-12-24-22-10-9-20-17-21(28)13-15-26(20,4)25(22)14-16-27(23,24)5;1-2/h18-25H,6-17,28H2,1-5H3;1-2H3/t19-,20?,21+,22+,23-,24?,25?,26+,27?;/m1./s1. The van der Waals surface area contributed by atoms with Crippen LogP contribution in [-0.2, 0) is 0 Å². The molecule has 0 bridgehead atoms. The molecule has 4 unspecified atom stereocenters. The third kappa shape index (κ3) is 4.40. The van der Waals surface area contributed by atoms with Crippen LogP contribution in [0.15, 0.2) is 0 Å². The lowest BCUT2D eigenvalue weighted by Crippen LogP contribution is -2.54. The zero-order valence-electron chi connectivity index (χ0n) is 21.7. The fourth-order valence-corrected chi connectivity index (χ4v) is 9.32. The highest BCUT2D eigenvalue weighted by Crippen LogP contribution is 2.68. The molecule has 4 aliphatic carbocycles. The largest absolute Gasteiger partial charge is 0.328 e. The van der Waals surface area contributed by atoms with Gasteiger partial charge in [0.05, 0.1) is 0 Å². The van der Waals surface area contributed by atoms with Crippen molar-refractivity contribution in [2.45, 2.75) is 132 Å². The first-order valence-corrected chi connectivity index (χ1v) is 14.0. The van der Waals surface area contributed by atoms with Gasteiger partial charge in [-0.25, -0.2) is 0 Å². The van der Waals surface area contributed by atoms with E-state index in [1.54, 1.807) is 0 Å². The van der Waals surface area contributed by atoms with Gasteiger partial charge in [-0.15, -0.1) is 0 Å². The molecule has 0 aliphatic heterocycles. The topological polar surface area (TPSA) is 26.0 Å². The Morgan fingerprint density at radius 3 is 2.17 bits per heavy atom. The van der Waals surface area contributed by atoms with Crippen molar-refractivity contribution in [1.29, 1.82) is 0 Å². The van der Waals surface area contributed by atoms with Crippen LogP contribution in [0.2, 0.25) is 0 Å². The predicted octanol–water partition coefficient (Wildman–Crippen LogP) is 8.46. The van der Waals surface area contributed by atoms with Crippen LogP contribution < -0.4 is 5.73 Å². The zero-order valence-corrected chi connectivity index (χ0v) is 21.7. The maximum Gasteiger partial charge on any atom is 0.00418 e. The smallest absolute Gasteiger partial charge is 0.00418 e. The van der Waals surface area contributed by atoms with Crippen molar-refractivity contribution in [3.63, 3.8) is 0 Å². The van der Waals surface area contributed by atoms with Gasteiger partial charge in [0.15, 0.2) is 0 Å². The van der Waals surface area contributed by atoms with Crippen LogP contribution in [0.4, 0.5) is 0 Å². The lowest BCUT2D eigenvalue weighted by molar-refractivity contribution is -0.116. The Bertz CT molecular complexity index is 540. The van der Waals surface area contributed by atoms with Gasteiger partial charge in [0, 0.05) is 6.04 Å². The molecule has 4 aliphatic rings. The second-order valence-corrected chi connectivity index (χ2v) is 12.7. The molecule has 9 atom stereocenters. The van der Waals surface area contributed by atoms with Gasteiger partial charge in [-0.2, -0.15) is 0 Å². The minimum absolute atomic E-state index is 0.492. The Morgan fingerprint density at radius 1 is 0.800 bits per heavy atom. The summed E-state index contributed by atoms with van der Waals surface area (Å²) in [5.74, 6) is 6.79. The van der Waals surface area contributed by atoms with E-state index in [2.05, 4.69) is 34.6 Å². The van der Waals surface area contributed by atoms with Crippen molar-refractivity contribution in [3.05, 3.63) is 0 Å². The normalized spacial score (nSPS) is 46.3. The van der Waals surface area contributed by atoms with Crippen molar-refractivity contribution in [2.24, 2.45) is 58.0 Å². The number of nitrogens with two attached hydrogens (primary N) is 1. The monoisotopic (exact) mass is 417 g/mol. The fourth-order valence-electron chi connectivity index (χ4n) is 9.32. The van der Waals surface area contributed by atoms with E-state index in [-0.39, 0.29) is 0 Å². The average molecular weight is 418 g/mol. The highest BCUT2D eigenvalue weighted by atomic mass is 14.7. The van der Waals surface area contributed by atoms with Gasteiger partial charge in [0.2, 0.25) is 0 Å². The van der Waals surface area contributed by atoms with E-state index < -0.39 is 0 Å². The van der Waals surface area contributed by atoms with E-state index in [1.165, 1.54) is 77.0 Å².